The van der Waals surface area contributed by atoms with E-state index in [1.54, 1.807) is 6.07 Å². The van der Waals surface area contributed by atoms with Gasteiger partial charge >= 0.3 is 0 Å². The molecule has 1 aromatic rings. The molecule has 1 aliphatic heterocycles. The highest BCUT2D eigenvalue weighted by Crippen LogP contribution is 2.28. The maximum Gasteiger partial charge on any atom is 0.264 e. The van der Waals surface area contributed by atoms with Gasteiger partial charge in [-0.05, 0) is 11.6 Å². The van der Waals surface area contributed by atoms with Crippen molar-refractivity contribution >= 4 is 11.8 Å². The van der Waals surface area contributed by atoms with Gasteiger partial charge in [0.15, 0.2) is 0 Å². The second-order valence-electron chi connectivity index (χ2n) is 3.51. The molecular formula is C10H10FN3O2S. The molecule has 0 bridgehead atoms. The summed E-state index contributed by atoms with van der Waals surface area (Å²) in [4.78, 5) is 15.4. The Morgan fingerprint density at radius 1 is 1.65 bits per heavy atom. The van der Waals surface area contributed by atoms with Crippen LogP contribution in [0.2, 0.25) is 0 Å². The summed E-state index contributed by atoms with van der Waals surface area (Å²) in [6.45, 7) is 1.27. The van der Waals surface area contributed by atoms with E-state index >= 15 is 0 Å². The number of hydrogen-bond acceptors (Lipinski definition) is 5. The lowest BCUT2D eigenvalue weighted by Gasteiger charge is -2.16. The zero-order chi connectivity index (χ0) is 12.3. The van der Waals surface area contributed by atoms with Gasteiger partial charge in [-0.3, -0.25) is 10.1 Å². The summed E-state index contributed by atoms with van der Waals surface area (Å²) < 4.78 is 12.6. The van der Waals surface area contributed by atoms with E-state index in [0.29, 0.717) is 11.6 Å². The van der Waals surface area contributed by atoms with Crippen LogP contribution >= 0.6 is 11.8 Å². The molecule has 1 aliphatic rings. The summed E-state index contributed by atoms with van der Waals surface area (Å²) in [5.74, 6) is 0.305. The summed E-state index contributed by atoms with van der Waals surface area (Å²) in [5, 5.41) is 11.1. The molecule has 1 fully saturated rings. The van der Waals surface area contributed by atoms with E-state index in [1.807, 2.05) is 4.90 Å². The fourth-order valence-electron chi connectivity index (χ4n) is 1.55. The normalized spacial score (nSPS) is 17.7. The lowest BCUT2D eigenvalue weighted by Crippen LogP contribution is -2.18. The van der Waals surface area contributed by atoms with Gasteiger partial charge < -0.3 is 4.90 Å². The lowest BCUT2D eigenvalue weighted by molar-refractivity contribution is -0.403. The van der Waals surface area contributed by atoms with Gasteiger partial charge in [-0.2, -0.15) is 4.39 Å². The Bertz CT molecular complexity index is 449. The van der Waals surface area contributed by atoms with Gasteiger partial charge in [0.1, 0.15) is 5.03 Å². The van der Waals surface area contributed by atoms with E-state index in [1.165, 1.54) is 24.0 Å². The summed E-state index contributed by atoms with van der Waals surface area (Å²) in [6.07, 6.45) is 2.46. The fraction of sp³-hybridized carbons (Fsp3) is 0.300. The Morgan fingerprint density at radius 3 is 3.12 bits per heavy atom. The topological polar surface area (TPSA) is 59.3 Å². The first-order valence-electron chi connectivity index (χ1n) is 4.98. The molecule has 2 rings (SSSR count). The Kier molecular flexibility index (Phi) is 3.58. The van der Waals surface area contributed by atoms with Crippen LogP contribution in [0.15, 0.2) is 29.6 Å². The zero-order valence-corrected chi connectivity index (χ0v) is 9.69. The highest BCUT2D eigenvalue weighted by molar-refractivity contribution is 8.03. The van der Waals surface area contributed by atoms with Crippen LogP contribution in [0, 0.1) is 16.1 Å². The number of rotatable bonds is 3. The van der Waals surface area contributed by atoms with Crippen molar-refractivity contribution in [2.75, 3.05) is 12.3 Å². The molecule has 0 spiro atoms. The van der Waals surface area contributed by atoms with Crippen LogP contribution in [0.3, 0.4) is 0 Å². The van der Waals surface area contributed by atoms with Crippen molar-refractivity contribution in [3.63, 3.8) is 0 Å². The molecule has 17 heavy (non-hydrogen) atoms. The Labute approximate surface area is 101 Å². The molecule has 0 N–H and O–H groups in total. The second-order valence-corrected chi connectivity index (χ2v) is 4.63. The minimum atomic E-state index is -0.523. The summed E-state index contributed by atoms with van der Waals surface area (Å²) >= 11 is 1.45. The van der Waals surface area contributed by atoms with Gasteiger partial charge in [-0.15, -0.1) is 11.8 Å². The van der Waals surface area contributed by atoms with Crippen LogP contribution in [-0.2, 0) is 6.54 Å². The molecule has 2 heterocycles. The average Bonchev–Trinajstić information content (AvgIpc) is 2.68. The van der Waals surface area contributed by atoms with Crippen molar-refractivity contribution < 1.29 is 9.31 Å². The predicted molar refractivity (Wildman–Crippen MR) is 62.1 cm³/mol. The van der Waals surface area contributed by atoms with Crippen molar-refractivity contribution in [2.45, 2.75) is 6.54 Å². The molecule has 7 heteroatoms. The van der Waals surface area contributed by atoms with Crippen LogP contribution in [0.5, 0.6) is 0 Å². The van der Waals surface area contributed by atoms with E-state index in [-0.39, 0.29) is 0 Å². The summed E-state index contributed by atoms with van der Waals surface area (Å²) in [7, 11) is 0. The van der Waals surface area contributed by atoms with Crippen LogP contribution in [0.1, 0.15) is 5.56 Å². The largest absolute Gasteiger partial charge is 0.356 e. The molecule has 1 aromatic heterocycles. The number of aromatic nitrogens is 1. The van der Waals surface area contributed by atoms with Gasteiger partial charge in [0.05, 0.1) is 4.92 Å². The van der Waals surface area contributed by atoms with E-state index in [9.17, 15) is 14.5 Å². The molecule has 1 saturated heterocycles. The highest BCUT2D eigenvalue weighted by Gasteiger charge is 2.20. The molecule has 0 amide bonds. The second kappa shape index (κ2) is 5.13. The number of nitro groups is 1. The van der Waals surface area contributed by atoms with Crippen molar-refractivity contribution in [3.05, 3.63) is 51.2 Å². The number of pyridine rings is 1. The quantitative estimate of drug-likeness (QED) is 0.468. The fourth-order valence-corrected chi connectivity index (χ4v) is 2.57. The average molecular weight is 255 g/mol. The lowest BCUT2D eigenvalue weighted by atomic mass is 10.2. The standard InChI is InChI=1S/C10H10FN3O2S/c11-9-2-1-8(5-12-9)6-13-3-4-17-10(13)7-14(15)16/h1-2,5,7H,3-4,6H2/b10-7+. The number of halogens is 1. The SMILES string of the molecule is O=[N+]([O-])/C=C1/SCCN1Cc1ccc(F)nc1. The van der Waals surface area contributed by atoms with Gasteiger partial charge in [0.2, 0.25) is 5.95 Å². The maximum atomic E-state index is 12.6. The number of nitrogens with zero attached hydrogens (tertiary/aromatic N) is 3. The molecular weight excluding hydrogens is 245 g/mol. The van der Waals surface area contributed by atoms with E-state index in [0.717, 1.165) is 24.1 Å². The maximum absolute atomic E-state index is 12.6. The van der Waals surface area contributed by atoms with Gasteiger partial charge in [0.25, 0.3) is 6.20 Å². The molecule has 0 atom stereocenters. The highest BCUT2D eigenvalue weighted by atomic mass is 32.2. The zero-order valence-electron chi connectivity index (χ0n) is 8.88. The minimum absolute atomic E-state index is 0.455. The molecule has 0 unspecified atom stereocenters. The molecule has 5 nitrogen and oxygen atoms in total. The third-order valence-electron chi connectivity index (χ3n) is 2.30. The summed E-state index contributed by atoms with van der Waals surface area (Å²) in [5.41, 5.74) is 0.836. The van der Waals surface area contributed by atoms with Crippen LogP contribution < -0.4 is 0 Å². The van der Waals surface area contributed by atoms with Crippen LogP contribution in [0.4, 0.5) is 4.39 Å². The smallest absolute Gasteiger partial charge is 0.264 e. The van der Waals surface area contributed by atoms with Crippen molar-refractivity contribution in [3.8, 4) is 0 Å². The van der Waals surface area contributed by atoms with Crippen molar-refractivity contribution in [1.29, 1.82) is 0 Å². The summed E-state index contributed by atoms with van der Waals surface area (Å²) in [6, 6.07) is 2.92. The molecule has 0 aromatic carbocycles. The Hall–Kier alpha value is -1.63. The van der Waals surface area contributed by atoms with Crippen molar-refractivity contribution in [1.82, 2.24) is 9.88 Å². The Morgan fingerprint density at radius 2 is 2.47 bits per heavy atom. The van der Waals surface area contributed by atoms with Gasteiger partial charge in [-0.25, -0.2) is 4.98 Å². The third kappa shape index (κ3) is 3.16. The molecule has 0 aliphatic carbocycles. The minimum Gasteiger partial charge on any atom is -0.356 e. The number of thioether (sulfide) groups is 1. The molecule has 90 valence electrons. The number of hydrogen-bond donors (Lipinski definition) is 0. The first kappa shape index (κ1) is 11.8. The Balaban J connectivity index is 2.07. The van der Waals surface area contributed by atoms with Gasteiger partial charge in [-0.1, -0.05) is 6.07 Å². The predicted octanol–water partition coefficient (Wildman–Crippen LogP) is 1.85. The van der Waals surface area contributed by atoms with Crippen LogP contribution in [0.25, 0.3) is 0 Å². The third-order valence-corrected chi connectivity index (χ3v) is 3.35. The van der Waals surface area contributed by atoms with Crippen molar-refractivity contribution in [2.24, 2.45) is 0 Å². The first-order valence-corrected chi connectivity index (χ1v) is 5.97. The molecule has 0 radical (unpaired) electrons. The van der Waals surface area contributed by atoms with E-state index in [2.05, 4.69) is 4.98 Å². The first-order chi connectivity index (χ1) is 8.15. The van der Waals surface area contributed by atoms with Gasteiger partial charge in [0, 0.05) is 25.0 Å². The molecule has 0 saturated carbocycles. The van der Waals surface area contributed by atoms with Crippen LogP contribution in [-0.4, -0.2) is 27.1 Å². The van der Waals surface area contributed by atoms with E-state index < -0.39 is 10.9 Å². The monoisotopic (exact) mass is 255 g/mol. The van der Waals surface area contributed by atoms with E-state index in [4.69, 9.17) is 0 Å².